The number of likely N-dealkylation sites (tertiary alicyclic amines) is 1. The van der Waals surface area contributed by atoms with Gasteiger partial charge in [0.25, 0.3) is 0 Å². The van der Waals surface area contributed by atoms with E-state index in [4.69, 9.17) is 4.74 Å². The molecule has 0 radical (unpaired) electrons. The minimum Gasteiger partial charge on any atom is -0.493 e. The van der Waals surface area contributed by atoms with Gasteiger partial charge < -0.3 is 9.84 Å². The molecule has 2 aliphatic rings. The number of azo groups is 1. The molecule has 190 valence electrons. The number of hydrogen-bond donors (Lipinski definition) is 1. The summed E-state index contributed by atoms with van der Waals surface area (Å²) >= 11 is 0. The third-order valence-electron chi connectivity index (χ3n) is 7.77. The molecule has 1 saturated carbocycles. The fraction of sp³-hybridized carbons (Fsp3) is 0.483. The van der Waals surface area contributed by atoms with Gasteiger partial charge in [0.2, 0.25) is 5.88 Å². The topological polar surface area (TPSA) is 79.4 Å². The molecule has 1 aromatic heterocycles. The number of fused-ring (bicyclic) bond motifs is 3. The Labute approximate surface area is 212 Å². The lowest BCUT2D eigenvalue weighted by Crippen LogP contribution is -2.35. The zero-order chi connectivity index (χ0) is 25.7. The van der Waals surface area contributed by atoms with Crippen LogP contribution in [0, 0.1) is 24.7 Å². The highest BCUT2D eigenvalue weighted by Gasteiger charge is 2.49. The summed E-state index contributed by atoms with van der Waals surface area (Å²) in [5.41, 5.74) is 3.75. The summed E-state index contributed by atoms with van der Waals surface area (Å²) in [6.45, 7) is 12.4. The quantitative estimate of drug-likeness (QED) is 0.401. The highest BCUT2D eigenvalue weighted by Crippen LogP contribution is 2.53. The monoisotopic (exact) mass is 488 g/mol. The number of para-hydroxylation sites is 2. The van der Waals surface area contributed by atoms with E-state index in [9.17, 15) is 9.90 Å². The SMILES string of the molecule is Cc1cccc(C)c1OCC(=O)N=Nc1c(O)n(CN2C[C@]3(C)C[C@H]2CC(C)(C)C3)c2ccccc12. The molecule has 1 aliphatic heterocycles. The molecule has 1 N–H and O–H groups in total. The normalized spacial score (nSPS) is 23.5. The molecule has 7 heteroatoms. The summed E-state index contributed by atoms with van der Waals surface area (Å²) in [6, 6.07) is 14.1. The summed E-state index contributed by atoms with van der Waals surface area (Å²) in [7, 11) is 0. The first-order chi connectivity index (χ1) is 17.1. The van der Waals surface area contributed by atoms with Crippen LogP contribution in [-0.4, -0.2) is 39.7 Å². The van der Waals surface area contributed by atoms with E-state index in [0.717, 1.165) is 35.0 Å². The van der Waals surface area contributed by atoms with Crippen LogP contribution in [0.15, 0.2) is 52.7 Å². The largest absolute Gasteiger partial charge is 0.493 e. The average molecular weight is 489 g/mol. The van der Waals surface area contributed by atoms with Crippen LogP contribution in [0.1, 0.15) is 51.2 Å². The Balaban J connectivity index is 1.37. The Morgan fingerprint density at radius 2 is 1.81 bits per heavy atom. The van der Waals surface area contributed by atoms with E-state index >= 15 is 0 Å². The first kappa shape index (κ1) is 24.5. The van der Waals surface area contributed by atoms with Gasteiger partial charge >= 0.3 is 5.91 Å². The summed E-state index contributed by atoms with van der Waals surface area (Å²) < 4.78 is 7.62. The van der Waals surface area contributed by atoms with Gasteiger partial charge in [0.05, 0.1) is 12.2 Å². The van der Waals surface area contributed by atoms with Crippen LogP contribution in [0.25, 0.3) is 10.9 Å². The minimum absolute atomic E-state index is 0.0364. The van der Waals surface area contributed by atoms with Crippen LogP contribution in [0.2, 0.25) is 0 Å². The maximum atomic E-state index is 12.5. The Hall–Kier alpha value is -3.19. The van der Waals surface area contributed by atoms with Gasteiger partial charge in [0.15, 0.2) is 12.3 Å². The predicted molar refractivity (Wildman–Crippen MR) is 141 cm³/mol. The van der Waals surface area contributed by atoms with E-state index in [-0.39, 0.29) is 12.5 Å². The molecular weight excluding hydrogens is 452 g/mol. The van der Waals surface area contributed by atoms with Gasteiger partial charge in [0, 0.05) is 18.0 Å². The molecule has 2 bridgehead atoms. The Morgan fingerprint density at radius 1 is 1.08 bits per heavy atom. The van der Waals surface area contributed by atoms with Crippen molar-refractivity contribution >= 4 is 22.5 Å². The Bertz CT molecular complexity index is 1320. The maximum absolute atomic E-state index is 12.5. The summed E-state index contributed by atoms with van der Waals surface area (Å²) in [5, 5.41) is 20.1. The lowest BCUT2D eigenvalue weighted by Gasteiger charge is -2.40. The third kappa shape index (κ3) is 4.64. The average Bonchev–Trinajstić information content (AvgIpc) is 3.20. The van der Waals surface area contributed by atoms with E-state index < -0.39 is 5.91 Å². The van der Waals surface area contributed by atoms with E-state index in [0.29, 0.717) is 35.0 Å². The molecule has 3 aromatic rings. The fourth-order valence-electron chi connectivity index (χ4n) is 6.73. The number of aromatic nitrogens is 1. The highest BCUT2D eigenvalue weighted by molar-refractivity contribution is 5.95. The fourth-order valence-corrected chi connectivity index (χ4v) is 6.73. The molecular formula is C29H36N4O3. The molecule has 2 heterocycles. The number of ether oxygens (including phenoxy) is 1. The number of hydrogen-bond acceptors (Lipinski definition) is 5. The van der Waals surface area contributed by atoms with Crippen molar-refractivity contribution in [3.8, 4) is 11.6 Å². The molecule has 1 amide bonds. The van der Waals surface area contributed by atoms with Gasteiger partial charge in [0.1, 0.15) is 5.75 Å². The standard InChI is InChI=1S/C29H36N4O3/c1-19-9-8-10-20(2)26(19)36-15-24(34)30-31-25-22-11-6-7-12-23(22)33(27(25)35)18-32-17-29(5)14-21(32)13-28(3,4)16-29/h6-12,21,35H,13-18H2,1-5H3/t21-,29-/m1/s1. The molecule has 1 saturated heterocycles. The molecule has 0 unspecified atom stereocenters. The maximum Gasteiger partial charge on any atom is 0.302 e. The van der Waals surface area contributed by atoms with Crippen molar-refractivity contribution < 1.29 is 14.6 Å². The Morgan fingerprint density at radius 3 is 2.56 bits per heavy atom. The minimum atomic E-state index is -0.502. The number of nitrogens with zero attached hydrogens (tertiary/aromatic N) is 4. The van der Waals surface area contributed by atoms with Crippen molar-refractivity contribution in [2.75, 3.05) is 13.2 Å². The van der Waals surface area contributed by atoms with Gasteiger partial charge in [-0.05, 0) is 61.1 Å². The number of rotatable bonds is 6. The van der Waals surface area contributed by atoms with E-state index in [2.05, 4.69) is 35.9 Å². The molecule has 2 fully saturated rings. The van der Waals surface area contributed by atoms with Crippen molar-refractivity contribution in [1.29, 1.82) is 0 Å². The third-order valence-corrected chi connectivity index (χ3v) is 7.77. The first-order valence-corrected chi connectivity index (χ1v) is 12.7. The van der Waals surface area contributed by atoms with Crippen LogP contribution < -0.4 is 4.74 Å². The summed E-state index contributed by atoms with van der Waals surface area (Å²) in [6.07, 6.45) is 3.57. The zero-order valence-electron chi connectivity index (χ0n) is 21.9. The number of aromatic hydroxyl groups is 1. The van der Waals surface area contributed by atoms with E-state index in [1.165, 1.54) is 12.8 Å². The van der Waals surface area contributed by atoms with Gasteiger partial charge in [-0.1, -0.05) is 57.2 Å². The molecule has 0 spiro atoms. The molecule has 5 rings (SSSR count). The Kier molecular flexibility index (Phi) is 6.15. The second-order valence-electron chi connectivity index (χ2n) is 11.8. The van der Waals surface area contributed by atoms with Crippen molar-refractivity contribution in [3.05, 3.63) is 53.6 Å². The van der Waals surface area contributed by atoms with Crippen molar-refractivity contribution in [1.82, 2.24) is 9.47 Å². The van der Waals surface area contributed by atoms with Gasteiger partial charge in [-0.15, -0.1) is 10.2 Å². The van der Waals surface area contributed by atoms with Crippen LogP contribution >= 0.6 is 0 Å². The van der Waals surface area contributed by atoms with Gasteiger partial charge in [-0.25, -0.2) is 0 Å². The lowest BCUT2D eigenvalue weighted by molar-refractivity contribution is -0.120. The molecule has 2 aromatic carbocycles. The second kappa shape index (κ2) is 9.04. The number of amides is 1. The van der Waals surface area contributed by atoms with Crippen LogP contribution in [0.5, 0.6) is 11.6 Å². The predicted octanol–water partition coefficient (Wildman–Crippen LogP) is 6.51. The van der Waals surface area contributed by atoms with E-state index in [1.807, 2.05) is 60.9 Å². The molecule has 7 nitrogen and oxygen atoms in total. The van der Waals surface area contributed by atoms with Crippen molar-refractivity contribution in [2.24, 2.45) is 21.1 Å². The highest BCUT2D eigenvalue weighted by atomic mass is 16.5. The zero-order valence-corrected chi connectivity index (χ0v) is 21.9. The van der Waals surface area contributed by atoms with Crippen molar-refractivity contribution in [2.45, 2.75) is 66.6 Å². The molecule has 2 atom stereocenters. The van der Waals surface area contributed by atoms with E-state index in [1.54, 1.807) is 0 Å². The molecule has 1 aliphatic carbocycles. The summed E-state index contributed by atoms with van der Waals surface area (Å²) in [5.74, 6) is 0.222. The number of benzene rings is 2. The number of carbonyl (C=O) groups is 1. The first-order valence-electron chi connectivity index (χ1n) is 12.7. The summed E-state index contributed by atoms with van der Waals surface area (Å²) in [4.78, 5) is 15.0. The van der Waals surface area contributed by atoms with Crippen LogP contribution in [0.4, 0.5) is 5.69 Å². The number of carbonyl (C=O) groups excluding carboxylic acids is 1. The lowest BCUT2D eigenvalue weighted by atomic mass is 9.65. The smallest absolute Gasteiger partial charge is 0.302 e. The van der Waals surface area contributed by atoms with Crippen molar-refractivity contribution in [3.63, 3.8) is 0 Å². The van der Waals surface area contributed by atoms with Gasteiger partial charge in [-0.2, -0.15) is 0 Å². The number of aryl methyl sites for hydroxylation is 2. The van der Waals surface area contributed by atoms with Crippen LogP contribution in [-0.2, 0) is 11.5 Å². The second-order valence-corrected chi connectivity index (χ2v) is 11.8. The van der Waals surface area contributed by atoms with Gasteiger partial charge in [-0.3, -0.25) is 14.3 Å². The molecule has 36 heavy (non-hydrogen) atoms. The van der Waals surface area contributed by atoms with Crippen LogP contribution in [0.3, 0.4) is 0 Å².